The van der Waals surface area contributed by atoms with Gasteiger partial charge in [0.1, 0.15) is 0 Å². The number of carbonyl (C=O) groups is 2. The maximum Gasteiger partial charge on any atom is 0.267 e. The van der Waals surface area contributed by atoms with Gasteiger partial charge in [0, 0.05) is 23.0 Å². The standard InChI is InChI=1S/C33H26O3/c1-36-33-28(30(25-18-10-4-11-19-25)26-20-12-5-13-21-26)22-27(31(34)32(33)35)29(23-14-6-2-7-15-23)24-16-8-3-9-17-24/h2-22,29-30H,1H3. The lowest BCUT2D eigenvalue weighted by Gasteiger charge is -2.28. The maximum absolute atomic E-state index is 13.6. The molecule has 0 spiro atoms. The second kappa shape index (κ2) is 10.4. The Morgan fingerprint density at radius 3 is 1.22 bits per heavy atom. The molecule has 0 heterocycles. The van der Waals surface area contributed by atoms with Crippen LogP contribution in [0.15, 0.2) is 144 Å². The molecule has 36 heavy (non-hydrogen) atoms. The van der Waals surface area contributed by atoms with Crippen LogP contribution in [0.1, 0.15) is 34.1 Å². The van der Waals surface area contributed by atoms with Crippen molar-refractivity contribution in [3.63, 3.8) is 0 Å². The second-order valence-electron chi connectivity index (χ2n) is 8.76. The fraction of sp³-hybridized carbons (Fsp3) is 0.0909. The molecule has 3 heteroatoms. The van der Waals surface area contributed by atoms with Crippen molar-refractivity contribution in [3.05, 3.63) is 167 Å². The van der Waals surface area contributed by atoms with Crippen molar-refractivity contribution < 1.29 is 14.3 Å². The van der Waals surface area contributed by atoms with E-state index in [2.05, 4.69) is 0 Å². The minimum Gasteiger partial charge on any atom is -0.492 e. The molecule has 1 aliphatic carbocycles. The third kappa shape index (κ3) is 4.44. The average molecular weight is 471 g/mol. The van der Waals surface area contributed by atoms with Gasteiger partial charge < -0.3 is 4.74 Å². The number of hydrogen-bond donors (Lipinski definition) is 0. The average Bonchev–Trinajstić information content (AvgIpc) is 2.94. The summed E-state index contributed by atoms with van der Waals surface area (Å²) in [5.41, 5.74) is 5.07. The van der Waals surface area contributed by atoms with Crippen molar-refractivity contribution in [2.45, 2.75) is 11.8 Å². The van der Waals surface area contributed by atoms with Crippen molar-refractivity contribution in [2.24, 2.45) is 0 Å². The highest BCUT2D eigenvalue weighted by molar-refractivity contribution is 6.50. The largest absolute Gasteiger partial charge is 0.492 e. The highest BCUT2D eigenvalue weighted by atomic mass is 16.5. The molecule has 0 amide bonds. The zero-order chi connectivity index (χ0) is 24.9. The van der Waals surface area contributed by atoms with Crippen LogP contribution < -0.4 is 0 Å². The van der Waals surface area contributed by atoms with Crippen molar-refractivity contribution in [3.8, 4) is 0 Å². The topological polar surface area (TPSA) is 43.4 Å². The molecule has 176 valence electrons. The molecule has 0 N–H and O–H groups in total. The Morgan fingerprint density at radius 2 is 0.861 bits per heavy atom. The molecular formula is C33H26O3. The minimum absolute atomic E-state index is 0.0985. The van der Waals surface area contributed by atoms with Crippen molar-refractivity contribution >= 4 is 11.6 Å². The SMILES string of the molecule is COC1=C(C(c2ccccc2)c2ccccc2)C=C(C(c2ccccc2)c2ccccc2)C(=O)C1=O. The molecule has 0 saturated carbocycles. The van der Waals surface area contributed by atoms with E-state index in [1.165, 1.54) is 7.11 Å². The Hall–Kier alpha value is -4.50. The van der Waals surface area contributed by atoms with Crippen LogP contribution in [0.3, 0.4) is 0 Å². The molecule has 5 rings (SSSR count). The van der Waals surface area contributed by atoms with Gasteiger partial charge in [0.15, 0.2) is 5.76 Å². The molecule has 0 aromatic heterocycles. The van der Waals surface area contributed by atoms with Crippen LogP contribution in [0.2, 0.25) is 0 Å². The molecule has 0 atom stereocenters. The first kappa shape index (κ1) is 23.3. The Morgan fingerprint density at radius 1 is 0.500 bits per heavy atom. The Kier molecular flexibility index (Phi) is 6.72. The summed E-state index contributed by atoms with van der Waals surface area (Å²) >= 11 is 0. The first-order valence-electron chi connectivity index (χ1n) is 12.0. The summed E-state index contributed by atoms with van der Waals surface area (Å²) in [5, 5.41) is 0. The van der Waals surface area contributed by atoms with Crippen LogP contribution in [0, 0.1) is 0 Å². The lowest BCUT2D eigenvalue weighted by Crippen LogP contribution is -2.29. The summed E-state index contributed by atoms with van der Waals surface area (Å²) in [6.07, 6.45) is 1.89. The molecule has 0 radical (unpaired) electrons. The Labute approximate surface area is 211 Å². The molecular weight excluding hydrogens is 444 g/mol. The molecule has 1 aliphatic rings. The number of ketones is 2. The Bertz CT molecular complexity index is 1340. The zero-order valence-corrected chi connectivity index (χ0v) is 20.0. The van der Waals surface area contributed by atoms with Crippen LogP contribution in [0.4, 0.5) is 0 Å². The number of ether oxygens (including phenoxy) is 1. The van der Waals surface area contributed by atoms with Gasteiger partial charge in [-0.15, -0.1) is 0 Å². The van der Waals surface area contributed by atoms with E-state index in [0.717, 1.165) is 22.3 Å². The number of rotatable bonds is 7. The number of benzene rings is 4. The lowest BCUT2D eigenvalue weighted by atomic mass is 9.75. The van der Waals surface area contributed by atoms with Gasteiger partial charge in [0.05, 0.1) is 7.11 Å². The normalized spacial score (nSPS) is 13.8. The molecule has 0 fully saturated rings. The van der Waals surface area contributed by atoms with Crippen molar-refractivity contribution in [1.82, 2.24) is 0 Å². The summed E-state index contributed by atoms with van der Waals surface area (Å²) in [5.74, 6) is -1.71. The van der Waals surface area contributed by atoms with E-state index in [0.29, 0.717) is 11.1 Å². The number of Topliss-reactive ketones (excluding diaryl/α,β-unsaturated/α-hetero) is 2. The summed E-state index contributed by atoms with van der Waals surface area (Å²) in [7, 11) is 1.46. The van der Waals surface area contributed by atoms with Gasteiger partial charge in [-0.05, 0) is 28.3 Å². The monoisotopic (exact) mass is 470 g/mol. The van der Waals surface area contributed by atoms with E-state index in [1.54, 1.807) is 0 Å². The molecule has 4 aromatic rings. The maximum atomic E-state index is 13.6. The van der Waals surface area contributed by atoms with E-state index in [-0.39, 0.29) is 17.6 Å². The highest BCUT2D eigenvalue weighted by Gasteiger charge is 2.38. The molecule has 0 saturated heterocycles. The lowest BCUT2D eigenvalue weighted by molar-refractivity contribution is -0.134. The first-order valence-corrected chi connectivity index (χ1v) is 12.0. The van der Waals surface area contributed by atoms with Gasteiger partial charge in [0.2, 0.25) is 5.78 Å². The van der Waals surface area contributed by atoms with Gasteiger partial charge >= 0.3 is 0 Å². The first-order chi connectivity index (χ1) is 17.7. The molecule has 3 nitrogen and oxygen atoms in total. The Balaban J connectivity index is 1.76. The van der Waals surface area contributed by atoms with Gasteiger partial charge in [-0.3, -0.25) is 9.59 Å². The number of allylic oxidation sites excluding steroid dienone is 4. The predicted molar refractivity (Wildman–Crippen MR) is 142 cm³/mol. The third-order valence-corrected chi connectivity index (χ3v) is 6.61. The van der Waals surface area contributed by atoms with E-state index in [9.17, 15) is 9.59 Å². The number of methoxy groups -OCH3 is 1. The number of hydrogen-bond acceptors (Lipinski definition) is 3. The van der Waals surface area contributed by atoms with Crippen LogP contribution >= 0.6 is 0 Å². The van der Waals surface area contributed by atoms with Gasteiger partial charge in [0.25, 0.3) is 5.78 Å². The molecule has 0 aliphatic heterocycles. The fourth-order valence-corrected chi connectivity index (χ4v) is 4.99. The summed E-state index contributed by atoms with van der Waals surface area (Å²) in [4.78, 5) is 27.1. The van der Waals surface area contributed by atoms with E-state index in [1.807, 2.05) is 127 Å². The fourth-order valence-electron chi connectivity index (χ4n) is 4.99. The van der Waals surface area contributed by atoms with Crippen molar-refractivity contribution in [1.29, 1.82) is 0 Å². The highest BCUT2D eigenvalue weighted by Crippen LogP contribution is 2.42. The third-order valence-electron chi connectivity index (χ3n) is 6.61. The zero-order valence-electron chi connectivity index (χ0n) is 20.0. The van der Waals surface area contributed by atoms with E-state index >= 15 is 0 Å². The van der Waals surface area contributed by atoms with E-state index in [4.69, 9.17) is 4.74 Å². The van der Waals surface area contributed by atoms with Gasteiger partial charge in [-0.25, -0.2) is 0 Å². The van der Waals surface area contributed by atoms with Crippen LogP contribution in [0.25, 0.3) is 0 Å². The quantitative estimate of drug-likeness (QED) is 0.225. The smallest absolute Gasteiger partial charge is 0.267 e. The second-order valence-corrected chi connectivity index (χ2v) is 8.76. The van der Waals surface area contributed by atoms with Crippen molar-refractivity contribution in [2.75, 3.05) is 7.11 Å². The summed E-state index contributed by atoms with van der Waals surface area (Å²) in [6, 6.07) is 39.7. The molecule has 0 unspecified atom stereocenters. The van der Waals surface area contributed by atoms with Gasteiger partial charge in [-0.2, -0.15) is 0 Å². The minimum atomic E-state index is -0.612. The summed E-state index contributed by atoms with van der Waals surface area (Å²) < 4.78 is 5.61. The number of carbonyl (C=O) groups excluding carboxylic acids is 2. The van der Waals surface area contributed by atoms with E-state index < -0.39 is 11.6 Å². The van der Waals surface area contributed by atoms with Gasteiger partial charge in [-0.1, -0.05) is 121 Å². The summed E-state index contributed by atoms with van der Waals surface area (Å²) in [6.45, 7) is 0. The molecule has 4 aromatic carbocycles. The molecule has 0 bridgehead atoms. The van der Waals surface area contributed by atoms with Crippen LogP contribution in [0.5, 0.6) is 0 Å². The predicted octanol–water partition coefficient (Wildman–Crippen LogP) is 6.63. The van der Waals surface area contributed by atoms with Crippen LogP contribution in [-0.2, 0) is 14.3 Å². The van der Waals surface area contributed by atoms with Crippen LogP contribution in [-0.4, -0.2) is 18.7 Å².